The molecule has 0 spiro atoms. The Morgan fingerprint density at radius 3 is 1.48 bits per heavy atom. The van der Waals surface area contributed by atoms with Gasteiger partial charge in [-0.1, -0.05) is 39.5 Å². The fourth-order valence-electron chi connectivity index (χ4n) is 3.83. The van der Waals surface area contributed by atoms with Gasteiger partial charge in [0.05, 0.1) is 0 Å². The van der Waals surface area contributed by atoms with E-state index in [4.69, 9.17) is 0 Å². The molecule has 0 N–H and O–H groups in total. The van der Waals surface area contributed by atoms with Crippen molar-refractivity contribution in [2.45, 2.75) is 79.1 Å². The molecule has 1 heterocycles. The van der Waals surface area contributed by atoms with Crippen LogP contribution >= 0.6 is 11.3 Å². The SMILES string of the molecule is CCCCCc1cc2c(cc1C)sc1cc(C)c(CCCCC)cc12. The standard InChI is InChI=1S/C24H32S/c1-5-7-9-11-19-15-21-22-16-20(12-10-8-6-2)18(4)14-24(22)25-23(21)13-17(19)3/h13-16H,5-12H2,1-4H3. The van der Waals surface area contributed by atoms with E-state index in [9.17, 15) is 0 Å². The van der Waals surface area contributed by atoms with Crippen LogP contribution < -0.4 is 0 Å². The van der Waals surface area contributed by atoms with Crippen LogP contribution in [0.2, 0.25) is 0 Å². The Kier molecular flexibility index (Phi) is 6.17. The van der Waals surface area contributed by atoms with Crippen LogP contribution in [0.1, 0.15) is 74.6 Å². The second-order valence-corrected chi connectivity index (χ2v) is 8.65. The molecular formula is C24H32S. The summed E-state index contributed by atoms with van der Waals surface area (Å²) in [6.07, 6.45) is 10.3. The van der Waals surface area contributed by atoms with Gasteiger partial charge in [-0.05, 0) is 86.1 Å². The fraction of sp³-hybridized carbons (Fsp3) is 0.500. The first-order valence-electron chi connectivity index (χ1n) is 10.1. The zero-order valence-corrected chi connectivity index (χ0v) is 17.2. The molecule has 0 unspecified atom stereocenters. The minimum atomic E-state index is 1.22. The lowest BCUT2D eigenvalue weighted by Crippen LogP contribution is -1.91. The van der Waals surface area contributed by atoms with Crippen LogP contribution in [-0.2, 0) is 12.8 Å². The van der Waals surface area contributed by atoms with E-state index in [2.05, 4.69) is 52.0 Å². The Hall–Kier alpha value is -1.34. The molecule has 0 fully saturated rings. The molecule has 134 valence electrons. The number of hydrogen-bond donors (Lipinski definition) is 0. The van der Waals surface area contributed by atoms with Gasteiger partial charge in [-0.2, -0.15) is 0 Å². The molecule has 25 heavy (non-hydrogen) atoms. The topological polar surface area (TPSA) is 0 Å². The molecule has 3 aromatic rings. The number of aryl methyl sites for hydroxylation is 4. The van der Waals surface area contributed by atoms with Gasteiger partial charge in [0.2, 0.25) is 0 Å². The van der Waals surface area contributed by atoms with Gasteiger partial charge in [0.25, 0.3) is 0 Å². The fourth-order valence-corrected chi connectivity index (χ4v) is 5.10. The van der Waals surface area contributed by atoms with Crippen molar-refractivity contribution in [3.8, 4) is 0 Å². The minimum Gasteiger partial charge on any atom is -0.135 e. The van der Waals surface area contributed by atoms with Gasteiger partial charge in [0, 0.05) is 20.2 Å². The lowest BCUT2D eigenvalue weighted by molar-refractivity contribution is 0.716. The first-order valence-corrected chi connectivity index (χ1v) is 10.9. The lowest BCUT2D eigenvalue weighted by atomic mass is 9.97. The summed E-state index contributed by atoms with van der Waals surface area (Å²) in [5.74, 6) is 0. The van der Waals surface area contributed by atoms with Crippen LogP contribution in [0.15, 0.2) is 24.3 Å². The molecule has 0 aliphatic carbocycles. The molecule has 1 aromatic heterocycles. The third-order valence-electron chi connectivity index (χ3n) is 5.49. The second kappa shape index (κ2) is 8.36. The number of hydrogen-bond acceptors (Lipinski definition) is 1. The van der Waals surface area contributed by atoms with Crippen molar-refractivity contribution in [2.24, 2.45) is 0 Å². The minimum absolute atomic E-state index is 1.22. The summed E-state index contributed by atoms with van der Waals surface area (Å²) in [5.41, 5.74) is 6.03. The summed E-state index contributed by atoms with van der Waals surface area (Å²) < 4.78 is 2.91. The molecule has 3 rings (SSSR count). The van der Waals surface area contributed by atoms with Crippen molar-refractivity contribution in [2.75, 3.05) is 0 Å². The van der Waals surface area contributed by atoms with Crippen LogP contribution in [-0.4, -0.2) is 0 Å². The Labute approximate surface area is 157 Å². The highest BCUT2D eigenvalue weighted by atomic mass is 32.1. The average molecular weight is 353 g/mol. The summed E-state index contributed by atoms with van der Waals surface area (Å²) in [4.78, 5) is 0. The molecule has 0 atom stereocenters. The zero-order valence-electron chi connectivity index (χ0n) is 16.4. The first kappa shape index (κ1) is 18.5. The van der Waals surface area contributed by atoms with Crippen molar-refractivity contribution in [1.82, 2.24) is 0 Å². The molecule has 0 nitrogen and oxygen atoms in total. The molecule has 2 aromatic carbocycles. The van der Waals surface area contributed by atoms with Gasteiger partial charge in [-0.15, -0.1) is 11.3 Å². The van der Waals surface area contributed by atoms with E-state index in [-0.39, 0.29) is 0 Å². The summed E-state index contributed by atoms with van der Waals surface area (Å²) in [5, 5.41) is 2.96. The highest BCUT2D eigenvalue weighted by molar-refractivity contribution is 7.25. The van der Waals surface area contributed by atoms with Crippen molar-refractivity contribution in [3.05, 3.63) is 46.5 Å². The maximum absolute atomic E-state index is 2.49. The molecule has 0 saturated carbocycles. The van der Waals surface area contributed by atoms with Gasteiger partial charge in [0.15, 0.2) is 0 Å². The monoisotopic (exact) mass is 352 g/mol. The van der Waals surface area contributed by atoms with Crippen molar-refractivity contribution < 1.29 is 0 Å². The number of fused-ring (bicyclic) bond motifs is 3. The van der Waals surface area contributed by atoms with E-state index in [0.717, 1.165) is 0 Å². The van der Waals surface area contributed by atoms with Crippen molar-refractivity contribution in [1.29, 1.82) is 0 Å². The highest BCUT2D eigenvalue weighted by Gasteiger charge is 2.11. The second-order valence-electron chi connectivity index (χ2n) is 7.57. The van der Waals surface area contributed by atoms with E-state index in [0.29, 0.717) is 0 Å². The molecule has 0 bridgehead atoms. The quantitative estimate of drug-likeness (QED) is 0.359. The maximum atomic E-state index is 2.49. The predicted octanol–water partition coefficient (Wildman–Crippen LogP) is 8.14. The largest absolute Gasteiger partial charge is 0.135 e. The Balaban J connectivity index is 2.01. The molecular weight excluding hydrogens is 320 g/mol. The van der Waals surface area contributed by atoms with Crippen LogP contribution in [0.4, 0.5) is 0 Å². The van der Waals surface area contributed by atoms with Gasteiger partial charge in [-0.3, -0.25) is 0 Å². The summed E-state index contributed by atoms with van der Waals surface area (Å²) in [6.45, 7) is 9.13. The van der Waals surface area contributed by atoms with Crippen molar-refractivity contribution >= 4 is 31.5 Å². The number of benzene rings is 2. The van der Waals surface area contributed by atoms with E-state index < -0.39 is 0 Å². The Morgan fingerprint density at radius 2 is 1.08 bits per heavy atom. The first-order chi connectivity index (χ1) is 12.1. The van der Waals surface area contributed by atoms with Crippen LogP contribution in [0, 0.1) is 13.8 Å². The number of thiophene rings is 1. The van der Waals surface area contributed by atoms with Gasteiger partial charge in [0.1, 0.15) is 0 Å². The van der Waals surface area contributed by atoms with E-state index >= 15 is 0 Å². The highest BCUT2D eigenvalue weighted by Crippen LogP contribution is 2.37. The summed E-state index contributed by atoms with van der Waals surface area (Å²) >= 11 is 1.96. The van der Waals surface area contributed by atoms with Gasteiger partial charge < -0.3 is 0 Å². The molecule has 0 aliphatic rings. The summed E-state index contributed by atoms with van der Waals surface area (Å²) in [6, 6.07) is 9.83. The number of unbranched alkanes of at least 4 members (excludes halogenated alkanes) is 4. The van der Waals surface area contributed by atoms with Crippen LogP contribution in [0.3, 0.4) is 0 Å². The maximum Gasteiger partial charge on any atom is 0.0358 e. The van der Waals surface area contributed by atoms with E-state index in [1.807, 2.05) is 11.3 Å². The Morgan fingerprint density at radius 1 is 0.640 bits per heavy atom. The molecule has 1 heteroatoms. The lowest BCUT2D eigenvalue weighted by Gasteiger charge is -2.08. The van der Waals surface area contributed by atoms with Gasteiger partial charge >= 0.3 is 0 Å². The predicted molar refractivity (Wildman–Crippen MR) is 115 cm³/mol. The van der Waals surface area contributed by atoms with Crippen LogP contribution in [0.25, 0.3) is 20.2 Å². The van der Waals surface area contributed by atoms with E-state index in [1.165, 1.54) is 82.7 Å². The van der Waals surface area contributed by atoms with Gasteiger partial charge in [-0.25, -0.2) is 0 Å². The smallest absolute Gasteiger partial charge is 0.0358 e. The zero-order chi connectivity index (χ0) is 17.8. The average Bonchev–Trinajstić information content (AvgIpc) is 2.91. The van der Waals surface area contributed by atoms with Crippen molar-refractivity contribution in [3.63, 3.8) is 0 Å². The van der Waals surface area contributed by atoms with E-state index in [1.54, 1.807) is 11.1 Å². The van der Waals surface area contributed by atoms with Crippen LogP contribution in [0.5, 0.6) is 0 Å². The number of rotatable bonds is 8. The molecule has 0 aliphatic heterocycles. The Bertz CT molecular complexity index is 783. The normalized spacial score (nSPS) is 11.7. The summed E-state index contributed by atoms with van der Waals surface area (Å²) in [7, 11) is 0. The third-order valence-corrected chi connectivity index (χ3v) is 6.60. The molecule has 0 amide bonds. The third kappa shape index (κ3) is 4.08. The molecule has 0 saturated heterocycles. The molecule has 0 radical (unpaired) electrons.